The van der Waals surface area contributed by atoms with Gasteiger partial charge in [-0.25, -0.2) is 0 Å². The second-order valence-corrected chi connectivity index (χ2v) is 8.42. The monoisotopic (exact) mass is 461 g/mol. The maximum Gasteiger partial charge on any atom is 0.174 e. The van der Waals surface area contributed by atoms with Crippen molar-refractivity contribution in [2.24, 2.45) is 0 Å². The number of nitrogens with one attached hydrogen (secondary N) is 1. The van der Waals surface area contributed by atoms with Gasteiger partial charge in [-0.2, -0.15) is 0 Å². The van der Waals surface area contributed by atoms with E-state index in [2.05, 4.69) is 10.3 Å². The molecule has 2 aromatic heterocycles. The van der Waals surface area contributed by atoms with Gasteiger partial charge < -0.3 is 19.7 Å². The minimum atomic E-state index is -0.268. The lowest BCUT2D eigenvalue weighted by atomic mass is 10.0. The number of furan rings is 1. The van der Waals surface area contributed by atoms with Gasteiger partial charge in [0.1, 0.15) is 23.3 Å². The Morgan fingerprint density at radius 1 is 1.03 bits per heavy atom. The van der Waals surface area contributed by atoms with Crippen LogP contribution in [0, 0.1) is 6.92 Å². The summed E-state index contributed by atoms with van der Waals surface area (Å²) in [5, 5.41) is 14.4. The summed E-state index contributed by atoms with van der Waals surface area (Å²) in [6, 6.07) is 22.0. The summed E-state index contributed by atoms with van der Waals surface area (Å²) in [6.45, 7) is 1.98. The Morgan fingerprint density at radius 2 is 1.84 bits per heavy atom. The first kappa shape index (κ1) is 20.5. The normalized spacial score (nSPS) is 18.1. The van der Waals surface area contributed by atoms with E-state index < -0.39 is 0 Å². The average Bonchev–Trinajstić information content (AvgIpc) is 3.41. The van der Waals surface area contributed by atoms with E-state index in [4.69, 9.17) is 28.2 Å². The van der Waals surface area contributed by atoms with Crippen LogP contribution in [0.25, 0.3) is 11.3 Å². The highest BCUT2D eigenvalue weighted by molar-refractivity contribution is 7.80. The van der Waals surface area contributed by atoms with E-state index in [1.54, 1.807) is 18.3 Å². The predicted octanol–water partition coefficient (Wildman–Crippen LogP) is 6.19. The van der Waals surface area contributed by atoms with Crippen molar-refractivity contribution < 1.29 is 9.52 Å². The van der Waals surface area contributed by atoms with E-state index in [-0.39, 0.29) is 17.8 Å². The summed E-state index contributed by atoms with van der Waals surface area (Å²) in [5.74, 6) is 1.68. The Hall–Kier alpha value is -3.35. The van der Waals surface area contributed by atoms with Crippen molar-refractivity contribution in [2.75, 3.05) is 4.90 Å². The quantitative estimate of drug-likeness (QED) is 0.353. The molecule has 1 aliphatic rings. The predicted molar refractivity (Wildman–Crippen MR) is 130 cm³/mol. The highest BCUT2D eigenvalue weighted by Crippen LogP contribution is 2.43. The number of phenolic OH excluding ortho intramolecular Hbond substituents is 1. The summed E-state index contributed by atoms with van der Waals surface area (Å²) in [7, 11) is 0. The minimum Gasteiger partial charge on any atom is -0.508 e. The van der Waals surface area contributed by atoms with Gasteiger partial charge in [0.05, 0.1) is 11.7 Å². The second-order valence-electron chi connectivity index (χ2n) is 7.63. The number of aromatic hydroxyl groups is 1. The first-order valence-corrected chi connectivity index (χ1v) is 11.0. The lowest BCUT2D eigenvalue weighted by Gasteiger charge is -2.26. The number of hydrogen-bond acceptors (Lipinski definition) is 4. The number of anilines is 1. The summed E-state index contributed by atoms with van der Waals surface area (Å²) in [5.41, 5.74) is 3.62. The molecule has 2 atom stereocenters. The van der Waals surface area contributed by atoms with Crippen molar-refractivity contribution in [2.45, 2.75) is 19.0 Å². The van der Waals surface area contributed by atoms with Gasteiger partial charge in [-0.05, 0) is 79.3 Å². The Bertz CT molecular complexity index is 1270. The Balaban J connectivity index is 1.61. The third kappa shape index (κ3) is 3.61. The first-order valence-electron chi connectivity index (χ1n) is 10.2. The molecular formula is C25H20ClN3O2S. The van der Waals surface area contributed by atoms with Gasteiger partial charge in [-0.3, -0.25) is 4.98 Å². The van der Waals surface area contributed by atoms with Crippen LogP contribution in [0.2, 0.25) is 5.02 Å². The van der Waals surface area contributed by atoms with Gasteiger partial charge in [0.25, 0.3) is 0 Å². The molecule has 2 N–H and O–H groups in total. The standard InChI is InChI=1S/C25H20ClN3O2S/c1-15-18(5-4-6-19(15)26)21-12-13-22(31-21)24-23(20-7-2-3-14-27-20)28-25(32)29(24)16-8-10-17(30)11-9-16/h2-14,23-24,30H,1H3,(H,28,32). The first-order chi connectivity index (χ1) is 15.5. The van der Waals surface area contributed by atoms with Crippen molar-refractivity contribution in [1.29, 1.82) is 0 Å². The number of nitrogens with zero attached hydrogens (tertiary/aromatic N) is 2. The molecule has 7 heteroatoms. The molecule has 160 valence electrons. The largest absolute Gasteiger partial charge is 0.508 e. The van der Waals surface area contributed by atoms with Gasteiger partial charge in [-0.1, -0.05) is 29.8 Å². The van der Waals surface area contributed by atoms with Gasteiger partial charge in [-0.15, -0.1) is 0 Å². The van der Waals surface area contributed by atoms with Gasteiger partial charge in [0.2, 0.25) is 0 Å². The number of thiocarbonyl (C=S) groups is 1. The molecule has 3 heterocycles. The van der Waals surface area contributed by atoms with Crippen LogP contribution in [-0.4, -0.2) is 15.2 Å². The van der Waals surface area contributed by atoms with Crippen LogP contribution in [0.1, 0.15) is 29.1 Å². The molecule has 0 saturated carbocycles. The molecule has 0 spiro atoms. The van der Waals surface area contributed by atoms with E-state index in [1.807, 2.05) is 72.5 Å². The smallest absolute Gasteiger partial charge is 0.174 e. The number of rotatable bonds is 4. The molecule has 0 amide bonds. The Morgan fingerprint density at radius 3 is 2.59 bits per heavy atom. The molecule has 2 aromatic carbocycles. The maximum atomic E-state index is 9.75. The van der Waals surface area contributed by atoms with E-state index in [0.717, 1.165) is 34.0 Å². The van der Waals surface area contributed by atoms with Crippen molar-refractivity contribution in [3.8, 4) is 17.1 Å². The second kappa shape index (κ2) is 8.30. The van der Waals surface area contributed by atoms with Crippen LogP contribution in [0.4, 0.5) is 5.69 Å². The highest BCUT2D eigenvalue weighted by atomic mass is 35.5. The van der Waals surface area contributed by atoms with Crippen molar-refractivity contribution in [1.82, 2.24) is 10.3 Å². The maximum absolute atomic E-state index is 9.75. The number of phenols is 1. The van der Waals surface area contributed by atoms with Crippen LogP contribution >= 0.6 is 23.8 Å². The third-order valence-electron chi connectivity index (χ3n) is 5.68. The molecule has 5 rings (SSSR count). The summed E-state index contributed by atoms with van der Waals surface area (Å²) >= 11 is 12.0. The lowest BCUT2D eigenvalue weighted by Crippen LogP contribution is -2.29. The molecule has 32 heavy (non-hydrogen) atoms. The van der Waals surface area contributed by atoms with Gasteiger partial charge in [0.15, 0.2) is 5.11 Å². The Labute approximate surface area is 196 Å². The van der Waals surface area contributed by atoms with Gasteiger partial charge in [0, 0.05) is 22.5 Å². The van der Waals surface area contributed by atoms with Crippen LogP contribution in [0.5, 0.6) is 5.75 Å². The molecule has 1 saturated heterocycles. The Kier molecular flexibility index (Phi) is 5.33. The molecule has 1 aliphatic heterocycles. The van der Waals surface area contributed by atoms with E-state index in [0.29, 0.717) is 10.1 Å². The molecule has 0 bridgehead atoms. The molecule has 0 radical (unpaired) electrons. The molecule has 1 fully saturated rings. The summed E-state index contributed by atoms with van der Waals surface area (Å²) in [6.07, 6.45) is 1.77. The zero-order valence-electron chi connectivity index (χ0n) is 17.2. The molecule has 4 aromatic rings. The highest BCUT2D eigenvalue weighted by Gasteiger charge is 2.42. The van der Waals surface area contributed by atoms with Crippen LogP contribution < -0.4 is 10.2 Å². The molecule has 5 nitrogen and oxygen atoms in total. The third-order valence-corrected chi connectivity index (χ3v) is 6.40. The number of halogens is 1. The molecular weight excluding hydrogens is 442 g/mol. The SMILES string of the molecule is Cc1c(Cl)cccc1-c1ccc(C2C(c3ccccn3)NC(=S)N2c2ccc(O)cc2)o1. The van der Waals surface area contributed by atoms with Crippen molar-refractivity contribution in [3.63, 3.8) is 0 Å². The number of pyridine rings is 1. The number of aromatic nitrogens is 1. The number of hydrogen-bond donors (Lipinski definition) is 2. The van der Waals surface area contributed by atoms with Crippen molar-refractivity contribution >= 4 is 34.6 Å². The van der Waals surface area contributed by atoms with Crippen molar-refractivity contribution in [3.05, 3.63) is 101 Å². The van der Waals surface area contributed by atoms with Crippen LogP contribution in [0.3, 0.4) is 0 Å². The number of benzene rings is 2. The fraction of sp³-hybridized carbons (Fsp3) is 0.120. The fourth-order valence-electron chi connectivity index (χ4n) is 4.07. The zero-order chi connectivity index (χ0) is 22.2. The fourth-order valence-corrected chi connectivity index (χ4v) is 4.59. The summed E-state index contributed by atoms with van der Waals surface area (Å²) < 4.78 is 6.39. The topological polar surface area (TPSA) is 61.5 Å². The lowest BCUT2D eigenvalue weighted by molar-refractivity contribution is 0.439. The molecule has 2 unspecified atom stereocenters. The van der Waals surface area contributed by atoms with Crippen LogP contribution in [0.15, 0.2) is 83.4 Å². The zero-order valence-corrected chi connectivity index (χ0v) is 18.8. The average molecular weight is 462 g/mol. The van der Waals surface area contributed by atoms with E-state index in [9.17, 15) is 5.11 Å². The van der Waals surface area contributed by atoms with E-state index in [1.165, 1.54) is 0 Å². The van der Waals surface area contributed by atoms with E-state index >= 15 is 0 Å². The van der Waals surface area contributed by atoms with Crippen LogP contribution in [-0.2, 0) is 0 Å². The molecule has 0 aliphatic carbocycles. The minimum absolute atomic E-state index is 0.196. The van der Waals surface area contributed by atoms with Gasteiger partial charge >= 0.3 is 0 Å². The summed E-state index contributed by atoms with van der Waals surface area (Å²) in [4.78, 5) is 6.56.